The van der Waals surface area contributed by atoms with Gasteiger partial charge in [0.15, 0.2) is 0 Å². The van der Waals surface area contributed by atoms with Gasteiger partial charge in [-0.1, -0.05) is 18.2 Å². The highest BCUT2D eigenvalue weighted by Crippen LogP contribution is 2.21. The number of nitrogens with one attached hydrogen (secondary N) is 1. The number of benzene rings is 1. The van der Waals surface area contributed by atoms with Crippen molar-refractivity contribution in [3.05, 3.63) is 42.0 Å². The number of rotatable bonds is 7. The van der Waals surface area contributed by atoms with Gasteiger partial charge in [0.25, 0.3) is 0 Å². The number of hydrogen-bond acceptors (Lipinski definition) is 5. The van der Waals surface area contributed by atoms with E-state index in [-0.39, 0.29) is 36.6 Å². The molecule has 2 heterocycles. The minimum Gasteiger partial charge on any atom is -0.352 e. The molecule has 9 heteroatoms. The Balaban J connectivity index is 1.40. The van der Waals surface area contributed by atoms with Crippen LogP contribution in [0.3, 0.4) is 0 Å². The largest absolute Gasteiger partial charge is 0.352 e. The smallest absolute Gasteiger partial charge is 0.244 e. The molecular weight excluding hydrogens is 351 g/mol. The topological polar surface area (TPSA) is 93.0 Å². The number of carbonyl (C=O) groups excluding carboxylic acids is 2. The van der Waals surface area contributed by atoms with Crippen LogP contribution in [0.1, 0.15) is 31.2 Å². The van der Waals surface area contributed by atoms with Crippen LogP contribution in [0, 0.1) is 11.7 Å². The molecule has 1 saturated heterocycles. The molecule has 0 radical (unpaired) electrons. The quantitative estimate of drug-likeness (QED) is 0.785. The maximum Gasteiger partial charge on any atom is 0.244 e. The molecule has 0 spiro atoms. The van der Waals surface area contributed by atoms with Crippen LogP contribution >= 0.6 is 0 Å². The number of nitrogens with zero attached hydrogens (tertiary/aromatic N) is 5. The summed E-state index contributed by atoms with van der Waals surface area (Å²) in [7, 11) is 0. The summed E-state index contributed by atoms with van der Waals surface area (Å²) >= 11 is 0. The Hall–Kier alpha value is -2.84. The number of carbonyl (C=O) groups is 2. The van der Waals surface area contributed by atoms with Crippen LogP contribution in [0.4, 0.5) is 4.39 Å². The predicted octanol–water partition coefficient (Wildman–Crippen LogP) is 1.15. The normalized spacial score (nSPS) is 16.9. The Morgan fingerprint density at radius 2 is 2.15 bits per heavy atom. The monoisotopic (exact) mass is 374 g/mol. The van der Waals surface area contributed by atoms with Gasteiger partial charge in [-0.2, -0.15) is 0 Å². The van der Waals surface area contributed by atoms with E-state index < -0.39 is 0 Å². The maximum atomic E-state index is 13.6. The van der Waals surface area contributed by atoms with Gasteiger partial charge in [-0.25, -0.2) is 9.07 Å². The van der Waals surface area contributed by atoms with Gasteiger partial charge < -0.3 is 10.2 Å². The molecule has 0 bridgehead atoms. The molecule has 144 valence electrons. The van der Waals surface area contributed by atoms with Crippen molar-refractivity contribution in [2.75, 3.05) is 13.1 Å². The fourth-order valence-electron chi connectivity index (χ4n) is 3.28. The Morgan fingerprint density at radius 3 is 2.93 bits per heavy atom. The number of likely N-dealkylation sites (tertiary alicyclic amines) is 1. The van der Waals surface area contributed by atoms with E-state index in [1.165, 1.54) is 17.1 Å². The minimum absolute atomic E-state index is 0.0176. The van der Waals surface area contributed by atoms with E-state index >= 15 is 0 Å². The zero-order valence-corrected chi connectivity index (χ0v) is 15.1. The standard InChI is InChI=1S/C18H23FN6O2/c19-16-6-2-1-5-15(16)10-20-17(26)8-7-14-4-3-9-24(11-14)18(27)12-25-13-21-22-23-25/h1-2,5-6,13-14H,3-4,7-12H2,(H,20,26)/t14-/m1/s1. The van der Waals surface area contributed by atoms with Crippen LogP contribution in [0.15, 0.2) is 30.6 Å². The Kier molecular flexibility index (Phi) is 6.45. The first-order chi connectivity index (χ1) is 13.1. The average molecular weight is 374 g/mol. The summed E-state index contributed by atoms with van der Waals surface area (Å²) < 4.78 is 15.0. The molecule has 0 saturated carbocycles. The third-order valence-electron chi connectivity index (χ3n) is 4.77. The average Bonchev–Trinajstić information content (AvgIpc) is 3.19. The van der Waals surface area contributed by atoms with Gasteiger partial charge in [0.05, 0.1) is 0 Å². The molecule has 2 aromatic rings. The molecule has 8 nitrogen and oxygen atoms in total. The van der Waals surface area contributed by atoms with Crippen molar-refractivity contribution in [3.8, 4) is 0 Å². The highest BCUT2D eigenvalue weighted by atomic mass is 19.1. The lowest BCUT2D eigenvalue weighted by Crippen LogP contribution is -2.42. The number of halogens is 1. The van der Waals surface area contributed by atoms with Crippen LogP contribution in [0.2, 0.25) is 0 Å². The van der Waals surface area contributed by atoms with E-state index in [9.17, 15) is 14.0 Å². The molecule has 1 aliphatic rings. The van der Waals surface area contributed by atoms with Crippen molar-refractivity contribution < 1.29 is 14.0 Å². The summed E-state index contributed by atoms with van der Waals surface area (Å²) in [6.07, 6.45) is 4.41. The summed E-state index contributed by atoms with van der Waals surface area (Å²) in [6, 6.07) is 6.40. The van der Waals surface area contributed by atoms with Gasteiger partial charge in [-0.3, -0.25) is 9.59 Å². The first kappa shape index (κ1) is 18.9. The first-order valence-corrected chi connectivity index (χ1v) is 9.10. The van der Waals surface area contributed by atoms with Crippen molar-refractivity contribution in [2.24, 2.45) is 5.92 Å². The number of amides is 2. The molecule has 27 heavy (non-hydrogen) atoms. The number of hydrogen-bond donors (Lipinski definition) is 1. The second-order valence-corrected chi connectivity index (χ2v) is 6.76. The second-order valence-electron chi connectivity index (χ2n) is 6.76. The molecule has 1 aromatic heterocycles. The summed E-state index contributed by atoms with van der Waals surface area (Å²) in [5, 5.41) is 13.5. The third kappa shape index (κ3) is 5.57. The van der Waals surface area contributed by atoms with Gasteiger partial charge in [-0.05, 0) is 41.7 Å². The van der Waals surface area contributed by atoms with E-state index in [2.05, 4.69) is 20.8 Å². The number of tetrazole rings is 1. The highest BCUT2D eigenvalue weighted by Gasteiger charge is 2.24. The van der Waals surface area contributed by atoms with Crippen LogP contribution in [0.25, 0.3) is 0 Å². The van der Waals surface area contributed by atoms with Crippen LogP contribution < -0.4 is 5.32 Å². The number of piperidine rings is 1. The maximum absolute atomic E-state index is 13.6. The van der Waals surface area contributed by atoms with Gasteiger partial charge >= 0.3 is 0 Å². The molecule has 1 fully saturated rings. The SMILES string of the molecule is O=C(CC[C@H]1CCCN(C(=O)Cn2cnnn2)C1)NCc1ccccc1F. The summed E-state index contributed by atoms with van der Waals surface area (Å²) in [6.45, 7) is 1.67. The van der Waals surface area contributed by atoms with Crippen LogP contribution in [-0.2, 0) is 22.7 Å². The fourth-order valence-corrected chi connectivity index (χ4v) is 3.28. The summed E-state index contributed by atoms with van der Waals surface area (Å²) in [5.41, 5.74) is 0.475. The number of aromatic nitrogens is 4. The molecular formula is C18H23FN6O2. The predicted molar refractivity (Wildman–Crippen MR) is 94.6 cm³/mol. The lowest BCUT2D eigenvalue weighted by molar-refractivity contribution is -0.133. The van der Waals surface area contributed by atoms with Gasteiger partial charge in [0.1, 0.15) is 18.7 Å². The second kappa shape index (κ2) is 9.20. The van der Waals surface area contributed by atoms with E-state index in [0.29, 0.717) is 24.9 Å². The molecule has 0 aliphatic carbocycles. The molecule has 1 atom stereocenters. The highest BCUT2D eigenvalue weighted by molar-refractivity contribution is 5.76. The van der Waals surface area contributed by atoms with E-state index in [4.69, 9.17) is 0 Å². The Morgan fingerprint density at radius 1 is 1.30 bits per heavy atom. The zero-order valence-electron chi connectivity index (χ0n) is 15.1. The molecule has 3 rings (SSSR count). The third-order valence-corrected chi connectivity index (χ3v) is 4.77. The molecule has 2 amide bonds. The van der Waals surface area contributed by atoms with Gasteiger partial charge in [0, 0.05) is 31.6 Å². The van der Waals surface area contributed by atoms with E-state index in [1.807, 2.05) is 4.90 Å². The van der Waals surface area contributed by atoms with Crippen LogP contribution in [0.5, 0.6) is 0 Å². The van der Waals surface area contributed by atoms with E-state index in [0.717, 1.165) is 19.4 Å². The zero-order chi connectivity index (χ0) is 19.1. The molecule has 0 unspecified atom stereocenters. The van der Waals surface area contributed by atoms with Crippen molar-refractivity contribution in [1.29, 1.82) is 0 Å². The minimum atomic E-state index is -0.318. The van der Waals surface area contributed by atoms with Crippen molar-refractivity contribution >= 4 is 11.8 Å². The van der Waals surface area contributed by atoms with E-state index in [1.54, 1.807) is 18.2 Å². The Labute approximate surface area is 156 Å². The van der Waals surface area contributed by atoms with Gasteiger partial charge in [-0.15, -0.1) is 5.10 Å². The Bertz CT molecular complexity index is 767. The summed E-state index contributed by atoms with van der Waals surface area (Å²) in [5.74, 6) is -0.149. The first-order valence-electron chi connectivity index (χ1n) is 9.10. The lowest BCUT2D eigenvalue weighted by atomic mass is 9.93. The van der Waals surface area contributed by atoms with Crippen molar-refractivity contribution in [1.82, 2.24) is 30.4 Å². The fraction of sp³-hybridized carbons (Fsp3) is 0.500. The molecule has 1 N–H and O–H groups in total. The summed E-state index contributed by atoms with van der Waals surface area (Å²) in [4.78, 5) is 26.2. The van der Waals surface area contributed by atoms with Crippen molar-refractivity contribution in [2.45, 2.75) is 38.8 Å². The van der Waals surface area contributed by atoms with Crippen LogP contribution in [-0.4, -0.2) is 50.0 Å². The van der Waals surface area contributed by atoms with Crippen molar-refractivity contribution in [3.63, 3.8) is 0 Å². The molecule has 1 aliphatic heterocycles. The van der Waals surface area contributed by atoms with Gasteiger partial charge in [0.2, 0.25) is 11.8 Å². The lowest BCUT2D eigenvalue weighted by Gasteiger charge is -2.32. The molecule has 1 aromatic carbocycles.